The third-order valence-electron chi connectivity index (χ3n) is 1.67. The average molecular weight is 196 g/mol. The average Bonchev–Trinajstić information content (AvgIpc) is 2.17. The Balaban J connectivity index is 4.13. The first-order valence-electron chi connectivity index (χ1n) is 3.79. The molecule has 0 spiro atoms. The summed E-state index contributed by atoms with van der Waals surface area (Å²) in [5.74, 6) is 0. The van der Waals surface area contributed by atoms with Crippen LogP contribution in [-0.2, 0) is 9.47 Å². The fourth-order valence-electron chi connectivity index (χ4n) is 0.872. The van der Waals surface area contributed by atoms with Crippen LogP contribution in [0.5, 0.6) is 0 Å². The van der Waals surface area contributed by atoms with E-state index in [-0.39, 0.29) is 0 Å². The largest absolute Gasteiger partial charge is 0.394 e. The Labute approximate surface area is 76.3 Å². The highest BCUT2D eigenvalue weighted by molar-refractivity contribution is 4.76. The first-order chi connectivity index (χ1) is 6.08. The number of ether oxygens (including phenoxy) is 2. The minimum Gasteiger partial charge on any atom is -0.394 e. The molecule has 0 amide bonds. The molecule has 4 N–H and O–H groups in total. The van der Waals surface area contributed by atoms with E-state index < -0.39 is 31.2 Å². The van der Waals surface area contributed by atoms with E-state index in [0.717, 1.165) is 0 Å². The molecule has 0 aliphatic carbocycles. The summed E-state index contributed by atoms with van der Waals surface area (Å²) in [7, 11) is 2.57. The summed E-state index contributed by atoms with van der Waals surface area (Å²) in [5.41, 5.74) is 0. The van der Waals surface area contributed by atoms with Crippen molar-refractivity contribution in [3.05, 3.63) is 0 Å². The predicted molar refractivity (Wildman–Crippen MR) is 42.9 cm³/mol. The maximum atomic E-state index is 9.31. The van der Waals surface area contributed by atoms with E-state index >= 15 is 0 Å². The van der Waals surface area contributed by atoms with Gasteiger partial charge in [-0.2, -0.15) is 0 Å². The van der Waals surface area contributed by atoms with Gasteiger partial charge < -0.3 is 29.9 Å². The minimum absolute atomic E-state index is 0.641. The molecule has 0 bridgehead atoms. The van der Waals surface area contributed by atoms with Crippen molar-refractivity contribution in [3.63, 3.8) is 0 Å². The monoisotopic (exact) mass is 196 g/mol. The highest BCUT2D eigenvalue weighted by Gasteiger charge is 2.31. The molecule has 0 saturated carbocycles. The second kappa shape index (κ2) is 6.25. The molecular weight excluding hydrogens is 180 g/mol. The van der Waals surface area contributed by atoms with Crippen LogP contribution < -0.4 is 0 Å². The van der Waals surface area contributed by atoms with E-state index in [9.17, 15) is 10.2 Å². The van der Waals surface area contributed by atoms with Crippen molar-refractivity contribution in [1.82, 2.24) is 0 Å². The molecule has 13 heavy (non-hydrogen) atoms. The lowest BCUT2D eigenvalue weighted by molar-refractivity contribution is -0.206. The van der Waals surface area contributed by atoms with Gasteiger partial charge in [0.15, 0.2) is 6.29 Å². The smallest absolute Gasteiger partial charge is 0.185 e. The molecule has 3 atom stereocenters. The molecule has 0 saturated heterocycles. The van der Waals surface area contributed by atoms with E-state index in [0.29, 0.717) is 0 Å². The van der Waals surface area contributed by atoms with Crippen LogP contribution in [0.2, 0.25) is 0 Å². The van der Waals surface area contributed by atoms with Crippen LogP contribution in [0.3, 0.4) is 0 Å². The fourth-order valence-corrected chi connectivity index (χ4v) is 0.872. The summed E-state index contributed by atoms with van der Waals surface area (Å²) in [5, 5.41) is 36.0. The summed E-state index contributed by atoms with van der Waals surface area (Å²) in [6, 6.07) is 0. The highest BCUT2D eigenvalue weighted by atomic mass is 16.7. The number of hydrogen-bond donors (Lipinski definition) is 4. The van der Waals surface area contributed by atoms with Crippen molar-refractivity contribution in [1.29, 1.82) is 0 Å². The Hall–Kier alpha value is -0.240. The summed E-state index contributed by atoms with van der Waals surface area (Å²) >= 11 is 0. The molecule has 6 heteroatoms. The maximum Gasteiger partial charge on any atom is 0.185 e. The molecule has 0 aromatic heterocycles. The Morgan fingerprint density at radius 3 is 1.77 bits per heavy atom. The van der Waals surface area contributed by atoms with Gasteiger partial charge in [-0.25, -0.2) is 0 Å². The van der Waals surface area contributed by atoms with Crippen LogP contribution in [-0.4, -0.2) is 65.9 Å². The van der Waals surface area contributed by atoms with Crippen LogP contribution in [0.15, 0.2) is 0 Å². The zero-order valence-electron chi connectivity index (χ0n) is 7.62. The highest BCUT2D eigenvalue weighted by Crippen LogP contribution is 2.07. The first kappa shape index (κ1) is 12.8. The second-order valence-corrected chi connectivity index (χ2v) is 2.57. The summed E-state index contributed by atoms with van der Waals surface area (Å²) in [6.45, 7) is -0.641. The molecule has 0 aliphatic heterocycles. The van der Waals surface area contributed by atoms with Gasteiger partial charge in [0.1, 0.15) is 18.3 Å². The standard InChI is InChI=1S/C7H16O6/c1-12-7(13-2)6(11)5(10)4(9)3-8/h4-11H,3H2,1-2H3. The SMILES string of the molecule is COC(OC)C(O)C(O)C(O)CO. The molecule has 0 aliphatic rings. The fraction of sp³-hybridized carbons (Fsp3) is 1.00. The Morgan fingerprint density at radius 1 is 1.00 bits per heavy atom. The van der Waals surface area contributed by atoms with Crippen molar-refractivity contribution in [2.24, 2.45) is 0 Å². The number of hydrogen-bond acceptors (Lipinski definition) is 6. The number of methoxy groups -OCH3 is 2. The molecule has 0 heterocycles. The van der Waals surface area contributed by atoms with E-state index in [1.807, 2.05) is 0 Å². The van der Waals surface area contributed by atoms with Crippen LogP contribution in [0.1, 0.15) is 0 Å². The molecule has 0 rings (SSSR count). The van der Waals surface area contributed by atoms with E-state index in [1.165, 1.54) is 14.2 Å². The molecule has 0 aromatic carbocycles. The molecule has 80 valence electrons. The Morgan fingerprint density at radius 2 is 1.46 bits per heavy atom. The lowest BCUT2D eigenvalue weighted by Crippen LogP contribution is -2.47. The van der Waals surface area contributed by atoms with Crippen LogP contribution >= 0.6 is 0 Å². The summed E-state index contributed by atoms with van der Waals surface area (Å²) in [6.07, 6.45) is -5.36. The summed E-state index contributed by atoms with van der Waals surface area (Å²) < 4.78 is 9.30. The van der Waals surface area contributed by atoms with Gasteiger partial charge in [0.05, 0.1) is 6.61 Å². The third kappa shape index (κ3) is 3.55. The van der Waals surface area contributed by atoms with Crippen molar-refractivity contribution in [3.8, 4) is 0 Å². The van der Waals surface area contributed by atoms with Gasteiger partial charge in [-0.1, -0.05) is 0 Å². The quantitative estimate of drug-likeness (QED) is 0.356. The van der Waals surface area contributed by atoms with Crippen molar-refractivity contribution >= 4 is 0 Å². The maximum absolute atomic E-state index is 9.31. The number of aliphatic hydroxyl groups is 4. The van der Waals surface area contributed by atoms with Gasteiger partial charge in [0.2, 0.25) is 0 Å². The van der Waals surface area contributed by atoms with Crippen molar-refractivity contribution < 1.29 is 29.9 Å². The topological polar surface area (TPSA) is 99.4 Å². The van der Waals surface area contributed by atoms with E-state index in [2.05, 4.69) is 9.47 Å². The molecule has 0 radical (unpaired) electrons. The van der Waals surface area contributed by atoms with Crippen LogP contribution in [0.4, 0.5) is 0 Å². The van der Waals surface area contributed by atoms with Crippen molar-refractivity contribution in [2.45, 2.75) is 24.6 Å². The van der Waals surface area contributed by atoms with Gasteiger partial charge in [-0.05, 0) is 0 Å². The Bertz CT molecular complexity index is 126. The van der Waals surface area contributed by atoms with Crippen LogP contribution in [0.25, 0.3) is 0 Å². The lowest BCUT2D eigenvalue weighted by Gasteiger charge is -2.26. The second-order valence-electron chi connectivity index (χ2n) is 2.57. The first-order valence-corrected chi connectivity index (χ1v) is 3.79. The van der Waals surface area contributed by atoms with Gasteiger partial charge in [-0.3, -0.25) is 0 Å². The van der Waals surface area contributed by atoms with E-state index in [4.69, 9.17) is 10.2 Å². The van der Waals surface area contributed by atoms with Gasteiger partial charge in [0.25, 0.3) is 0 Å². The minimum atomic E-state index is -1.50. The van der Waals surface area contributed by atoms with Crippen LogP contribution in [0, 0.1) is 0 Å². The number of rotatable bonds is 6. The predicted octanol–water partition coefficient (Wildman–Crippen LogP) is -2.32. The number of aliphatic hydroxyl groups excluding tert-OH is 4. The zero-order valence-corrected chi connectivity index (χ0v) is 7.62. The molecule has 6 nitrogen and oxygen atoms in total. The molecule has 3 unspecified atom stereocenters. The van der Waals surface area contributed by atoms with Gasteiger partial charge in [-0.15, -0.1) is 0 Å². The molecular formula is C7H16O6. The zero-order chi connectivity index (χ0) is 10.4. The third-order valence-corrected chi connectivity index (χ3v) is 1.67. The molecule has 0 fully saturated rings. The Kier molecular flexibility index (Phi) is 6.13. The van der Waals surface area contributed by atoms with E-state index in [1.54, 1.807) is 0 Å². The van der Waals surface area contributed by atoms with Gasteiger partial charge in [0, 0.05) is 14.2 Å². The normalized spacial score (nSPS) is 18.7. The summed E-state index contributed by atoms with van der Waals surface area (Å²) in [4.78, 5) is 0. The lowest BCUT2D eigenvalue weighted by atomic mass is 10.1. The van der Waals surface area contributed by atoms with Crippen molar-refractivity contribution in [2.75, 3.05) is 20.8 Å². The van der Waals surface area contributed by atoms with Gasteiger partial charge >= 0.3 is 0 Å². The molecule has 0 aromatic rings.